The van der Waals surface area contributed by atoms with Gasteiger partial charge >= 0.3 is 0 Å². The van der Waals surface area contributed by atoms with Gasteiger partial charge in [-0.25, -0.2) is 0 Å². The van der Waals surface area contributed by atoms with Crippen molar-refractivity contribution in [3.8, 4) is 0 Å². The summed E-state index contributed by atoms with van der Waals surface area (Å²) in [6.45, 7) is 2.10. The Kier molecular flexibility index (Phi) is 2.84. The van der Waals surface area contributed by atoms with Crippen LogP contribution in [-0.4, -0.2) is 9.59 Å². The molecule has 0 N–H and O–H groups in total. The third kappa shape index (κ3) is 1.61. The van der Waals surface area contributed by atoms with E-state index in [9.17, 15) is 0 Å². The van der Waals surface area contributed by atoms with E-state index < -0.39 is 0 Å². The van der Waals surface area contributed by atoms with Crippen molar-refractivity contribution in [1.29, 1.82) is 0 Å². The molecule has 0 aliphatic rings. The number of alkyl halides is 1. The molecule has 0 saturated carbocycles. The van der Waals surface area contributed by atoms with E-state index in [4.69, 9.17) is 0 Å². The molecule has 0 bridgehead atoms. The van der Waals surface area contributed by atoms with Crippen LogP contribution in [0.15, 0.2) is 0 Å². The maximum atomic E-state index is 3.97. The molecular weight excluding hydrogens is 247 g/mol. The van der Waals surface area contributed by atoms with Crippen LogP contribution in [0.3, 0.4) is 0 Å². The Balaban J connectivity index is 2.85. The zero-order valence-corrected chi connectivity index (χ0v) is 8.07. The van der Waals surface area contributed by atoms with Crippen molar-refractivity contribution in [1.82, 2.24) is 9.59 Å². The highest BCUT2D eigenvalue weighted by Gasteiger charge is 2.01. The van der Waals surface area contributed by atoms with Crippen LogP contribution >= 0.6 is 34.1 Å². The average molecular weight is 254 g/mol. The average Bonchev–Trinajstić information content (AvgIpc) is 2.33. The molecule has 0 aliphatic carbocycles. The van der Waals surface area contributed by atoms with Crippen LogP contribution < -0.4 is 0 Å². The molecule has 0 aromatic carbocycles. The Morgan fingerprint density at radius 2 is 2.44 bits per heavy atom. The Labute approximate surface area is 72.0 Å². The number of nitrogens with zero attached hydrogens (tertiary/aromatic N) is 2. The van der Waals surface area contributed by atoms with Crippen LogP contribution in [-0.2, 0) is 10.8 Å². The molecule has 4 heteroatoms. The van der Waals surface area contributed by atoms with Gasteiger partial charge in [0, 0.05) is 4.43 Å². The fraction of sp³-hybridized carbons (Fsp3) is 0.600. The standard InChI is InChI=1S/C5H7IN2S/c1-2-4-5(3-6)9-8-7-4/h2-3H2,1H3. The van der Waals surface area contributed by atoms with E-state index in [0.29, 0.717) is 0 Å². The van der Waals surface area contributed by atoms with Gasteiger partial charge in [0.1, 0.15) is 0 Å². The first-order valence-corrected chi connectivity index (χ1v) is 5.04. The molecule has 0 unspecified atom stereocenters. The van der Waals surface area contributed by atoms with E-state index in [0.717, 1.165) is 16.5 Å². The summed E-state index contributed by atoms with van der Waals surface area (Å²) in [5, 5.41) is 3.97. The van der Waals surface area contributed by atoms with Crippen molar-refractivity contribution >= 4 is 34.1 Å². The largest absolute Gasteiger partial charge is 0.143 e. The number of halogens is 1. The van der Waals surface area contributed by atoms with E-state index in [1.54, 1.807) is 0 Å². The van der Waals surface area contributed by atoms with Crippen LogP contribution in [0.4, 0.5) is 0 Å². The summed E-state index contributed by atoms with van der Waals surface area (Å²) in [6.07, 6.45) is 1.01. The van der Waals surface area contributed by atoms with Gasteiger partial charge < -0.3 is 0 Å². The van der Waals surface area contributed by atoms with Crippen LogP contribution in [0, 0.1) is 0 Å². The first-order chi connectivity index (χ1) is 4.38. The number of hydrogen-bond acceptors (Lipinski definition) is 3. The lowest BCUT2D eigenvalue weighted by atomic mass is 10.3. The first-order valence-electron chi connectivity index (χ1n) is 2.74. The molecule has 0 amide bonds. The second-order valence-electron chi connectivity index (χ2n) is 1.63. The van der Waals surface area contributed by atoms with E-state index in [1.165, 1.54) is 16.4 Å². The van der Waals surface area contributed by atoms with Crippen molar-refractivity contribution in [3.63, 3.8) is 0 Å². The van der Waals surface area contributed by atoms with Crippen molar-refractivity contribution < 1.29 is 0 Å². The molecule has 1 aromatic heterocycles. The molecule has 0 radical (unpaired) electrons. The van der Waals surface area contributed by atoms with Gasteiger partial charge in [-0.1, -0.05) is 34.0 Å². The molecule has 0 fully saturated rings. The van der Waals surface area contributed by atoms with Crippen LogP contribution in [0.25, 0.3) is 0 Å². The van der Waals surface area contributed by atoms with Gasteiger partial charge in [-0.05, 0) is 18.0 Å². The molecule has 1 rings (SSSR count). The van der Waals surface area contributed by atoms with Crippen LogP contribution in [0.1, 0.15) is 17.5 Å². The monoisotopic (exact) mass is 254 g/mol. The molecular formula is C5H7IN2S. The summed E-state index contributed by atoms with van der Waals surface area (Å²) in [7, 11) is 0. The van der Waals surface area contributed by atoms with E-state index in [2.05, 4.69) is 39.1 Å². The third-order valence-corrected chi connectivity index (χ3v) is 3.13. The van der Waals surface area contributed by atoms with E-state index in [-0.39, 0.29) is 0 Å². The van der Waals surface area contributed by atoms with Crippen molar-refractivity contribution in [2.75, 3.05) is 0 Å². The van der Waals surface area contributed by atoms with Gasteiger partial charge in [0.05, 0.1) is 10.6 Å². The van der Waals surface area contributed by atoms with E-state index in [1.807, 2.05) is 0 Å². The summed E-state index contributed by atoms with van der Waals surface area (Å²) in [5.41, 5.74) is 1.16. The Bertz CT molecular complexity index is 168. The Morgan fingerprint density at radius 1 is 1.67 bits per heavy atom. The lowest BCUT2D eigenvalue weighted by Gasteiger charge is -1.87. The Morgan fingerprint density at radius 3 is 2.89 bits per heavy atom. The molecule has 0 spiro atoms. The highest BCUT2D eigenvalue weighted by Crippen LogP contribution is 2.14. The normalized spacial score (nSPS) is 10.0. The summed E-state index contributed by atoms with van der Waals surface area (Å²) in [5.74, 6) is 0. The summed E-state index contributed by atoms with van der Waals surface area (Å²) in [4.78, 5) is 1.32. The van der Waals surface area contributed by atoms with E-state index >= 15 is 0 Å². The lowest BCUT2D eigenvalue weighted by Crippen LogP contribution is -1.83. The van der Waals surface area contributed by atoms with Gasteiger partial charge in [0.25, 0.3) is 0 Å². The molecule has 2 nitrogen and oxygen atoms in total. The number of aromatic nitrogens is 2. The smallest absolute Gasteiger partial charge is 0.0792 e. The number of aryl methyl sites for hydroxylation is 1. The van der Waals surface area contributed by atoms with Gasteiger partial charge in [-0.15, -0.1) is 5.10 Å². The van der Waals surface area contributed by atoms with Crippen molar-refractivity contribution in [3.05, 3.63) is 10.6 Å². The van der Waals surface area contributed by atoms with Crippen molar-refractivity contribution in [2.45, 2.75) is 17.8 Å². The van der Waals surface area contributed by atoms with Gasteiger partial charge in [-0.3, -0.25) is 0 Å². The van der Waals surface area contributed by atoms with Crippen LogP contribution in [0.5, 0.6) is 0 Å². The van der Waals surface area contributed by atoms with Gasteiger partial charge in [0.2, 0.25) is 0 Å². The Hall–Kier alpha value is 0.290. The minimum absolute atomic E-state index is 1.01. The predicted molar refractivity (Wildman–Crippen MR) is 47.0 cm³/mol. The fourth-order valence-corrected chi connectivity index (χ4v) is 2.03. The maximum absolute atomic E-state index is 3.97. The first kappa shape index (κ1) is 7.40. The minimum atomic E-state index is 1.01. The van der Waals surface area contributed by atoms with Crippen LogP contribution in [0.2, 0.25) is 0 Å². The zero-order valence-electron chi connectivity index (χ0n) is 5.09. The molecule has 0 aliphatic heterocycles. The molecule has 50 valence electrons. The minimum Gasteiger partial charge on any atom is -0.143 e. The highest BCUT2D eigenvalue weighted by molar-refractivity contribution is 14.1. The summed E-state index contributed by atoms with van der Waals surface area (Å²) < 4.78 is 4.89. The molecule has 9 heavy (non-hydrogen) atoms. The quantitative estimate of drug-likeness (QED) is 0.596. The number of hydrogen-bond donors (Lipinski definition) is 0. The predicted octanol–water partition coefficient (Wildman–Crippen LogP) is 2.04. The molecule has 1 heterocycles. The zero-order chi connectivity index (χ0) is 6.69. The highest BCUT2D eigenvalue weighted by atomic mass is 127. The summed E-state index contributed by atoms with van der Waals surface area (Å²) >= 11 is 3.83. The summed E-state index contributed by atoms with van der Waals surface area (Å²) in [6, 6.07) is 0. The third-order valence-electron chi connectivity index (χ3n) is 1.09. The fourth-order valence-electron chi connectivity index (χ4n) is 0.597. The molecule has 0 saturated heterocycles. The van der Waals surface area contributed by atoms with Gasteiger partial charge in [0.15, 0.2) is 0 Å². The van der Waals surface area contributed by atoms with Crippen molar-refractivity contribution in [2.24, 2.45) is 0 Å². The molecule has 1 aromatic rings. The number of rotatable bonds is 2. The van der Waals surface area contributed by atoms with Gasteiger partial charge in [-0.2, -0.15) is 0 Å². The second kappa shape index (κ2) is 3.46. The lowest BCUT2D eigenvalue weighted by molar-refractivity contribution is 0.978. The topological polar surface area (TPSA) is 25.8 Å². The SMILES string of the molecule is CCc1nnsc1CI. The second-order valence-corrected chi connectivity index (χ2v) is 3.23. The maximum Gasteiger partial charge on any atom is 0.0792 e. The molecule has 0 atom stereocenters.